The van der Waals surface area contributed by atoms with Gasteiger partial charge in [-0.3, -0.25) is 9.13 Å². The summed E-state index contributed by atoms with van der Waals surface area (Å²) in [5, 5.41) is 12.6. The van der Waals surface area contributed by atoms with Crippen LogP contribution >= 0.6 is 22.7 Å². The summed E-state index contributed by atoms with van der Waals surface area (Å²) in [4.78, 5) is 30.1. The average Bonchev–Trinajstić information content (AvgIpc) is 1.56. The SMILES string of the molecule is CC1(C)c2ccccc2-c2cc3c4ccccc4n(-c4nccc(-c5ccc(-c6ccccc6)cc5)n4)c3cc21.c1ccc(-c2cc(-c3ccccc3)nc(-c3cccc4c3sc3c4ccc4c3c3ccccc3n4-c3ccccc3)n2)cc1.c1ccc(-c2ccc(-c3ccc(-c4ccnc(-n5c6ccccc6c6c7sc8ccccc8c7ccc65)n4)cc3)cc2)cc1. The molecule has 0 saturated carbocycles. The molecule has 0 amide bonds. The highest BCUT2D eigenvalue weighted by molar-refractivity contribution is 7.27. The average molecular weight is 1670 g/mol. The highest BCUT2D eigenvalue weighted by Crippen LogP contribution is 2.53. The highest BCUT2D eigenvalue weighted by atomic mass is 32.1. The van der Waals surface area contributed by atoms with Crippen LogP contribution in [0.25, 0.3) is 224 Å². The van der Waals surface area contributed by atoms with Gasteiger partial charge in [0.15, 0.2) is 5.82 Å². The van der Waals surface area contributed by atoms with E-state index in [9.17, 15) is 0 Å². The fourth-order valence-electron chi connectivity index (χ4n) is 19.3. The van der Waals surface area contributed by atoms with Gasteiger partial charge in [-0.1, -0.05) is 347 Å². The number of benzene rings is 17. The first-order valence-corrected chi connectivity index (χ1v) is 44.9. The van der Waals surface area contributed by atoms with Crippen LogP contribution in [0, 0.1) is 0 Å². The highest BCUT2D eigenvalue weighted by Gasteiger charge is 2.37. The molecule has 25 aromatic rings. The normalized spacial score (nSPS) is 12.2. The number of hydrogen-bond donors (Lipinski definition) is 0. The summed E-state index contributed by atoms with van der Waals surface area (Å²) in [6, 6.07) is 148. The molecule has 11 heteroatoms. The summed E-state index contributed by atoms with van der Waals surface area (Å²) in [5.41, 5.74) is 29.6. The number of para-hydroxylation sites is 4. The number of fused-ring (bicyclic) bond motifs is 20. The third-order valence-corrected chi connectivity index (χ3v) is 27.9. The Kier molecular flexibility index (Phi) is 18.4. The summed E-state index contributed by atoms with van der Waals surface area (Å²) in [7, 11) is 0. The molecule has 0 saturated heterocycles. The maximum absolute atomic E-state index is 5.17. The molecule has 0 bridgehead atoms. The van der Waals surface area contributed by atoms with Gasteiger partial charge in [-0.15, -0.1) is 22.7 Å². The van der Waals surface area contributed by atoms with Crippen LogP contribution in [0.4, 0.5) is 0 Å². The molecule has 602 valence electrons. The molecule has 0 unspecified atom stereocenters. The first kappa shape index (κ1) is 75.6. The summed E-state index contributed by atoms with van der Waals surface area (Å²) >= 11 is 3.71. The minimum absolute atomic E-state index is 0.0788. The van der Waals surface area contributed by atoms with Crippen LogP contribution in [-0.2, 0) is 5.41 Å². The van der Waals surface area contributed by atoms with Crippen LogP contribution in [0.15, 0.2) is 431 Å². The van der Waals surface area contributed by atoms with Crippen LogP contribution in [0.3, 0.4) is 0 Å². The second kappa shape index (κ2) is 31.2. The first-order valence-electron chi connectivity index (χ1n) is 43.3. The Morgan fingerprint density at radius 3 is 1.17 bits per heavy atom. The third-order valence-electron chi connectivity index (χ3n) is 25.5. The van der Waals surface area contributed by atoms with Crippen molar-refractivity contribution in [2.45, 2.75) is 19.3 Å². The zero-order chi connectivity index (χ0) is 84.9. The van der Waals surface area contributed by atoms with E-state index >= 15 is 0 Å². The maximum Gasteiger partial charge on any atom is 0.235 e. The van der Waals surface area contributed by atoms with E-state index in [1.54, 1.807) is 0 Å². The number of aromatic nitrogens is 9. The lowest BCUT2D eigenvalue weighted by molar-refractivity contribution is 0.661. The lowest BCUT2D eigenvalue weighted by Crippen LogP contribution is -2.15. The molecule has 17 aromatic carbocycles. The van der Waals surface area contributed by atoms with Crippen LogP contribution in [0.5, 0.6) is 0 Å². The Morgan fingerprint density at radius 2 is 0.617 bits per heavy atom. The van der Waals surface area contributed by atoms with Crippen molar-refractivity contribution in [3.63, 3.8) is 0 Å². The summed E-state index contributed by atoms with van der Waals surface area (Å²) < 4.78 is 11.9. The van der Waals surface area contributed by atoms with E-state index in [1.807, 2.05) is 71.5 Å². The maximum atomic E-state index is 5.17. The third kappa shape index (κ3) is 13.0. The van der Waals surface area contributed by atoms with Crippen molar-refractivity contribution < 1.29 is 0 Å². The summed E-state index contributed by atoms with van der Waals surface area (Å²) in [6.45, 7) is 4.65. The number of thiophene rings is 2. The summed E-state index contributed by atoms with van der Waals surface area (Å²) in [5.74, 6) is 2.10. The minimum atomic E-state index is -0.0788. The van der Waals surface area contributed by atoms with Gasteiger partial charge in [0, 0.05) is 124 Å². The Balaban J connectivity index is 0.000000107. The van der Waals surface area contributed by atoms with Crippen molar-refractivity contribution in [1.82, 2.24) is 43.6 Å². The van der Waals surface area contributed by atoms with Crippen molar-refractivity contribution in [2.75, 3.05) is 0 Å². The van der Waals surface area contributed by atoms with Crippen molar-refractivity contribution in [2.24, 2.45) is 0 Å². The van der Waals surface area contributed by atoms with E-state index in [0.717, 1.165) is 78.5 Å². The van der Waals surface area contributed by atoms with Gasteiger partial charge < -0.3 is 4.57 Å². The van der Waals surface area contributed by atoms with Gasteiger partial charge in [-0.2, -0.15) is 0 Å². The molecule has 8 heterocycles. The lowest BCUT2D eigenvalue weighted by atomic mass is 9.82. The lowest BCUT2D eigenvalue weighted by Gasteiger charge is -2.21. The number of rotatable bonds is 11. The molecule has 1 aliphatic rings. The molecular formula is C117H77N9S2. The number of hydrogen-bond acceptors (Lipinski definition) is 8. The quantitative estimate of drug-likeness (QED) is 0.128. The van der Waals surface area contributed by atoms with Crippen molar-refractivity contribution in [3.05, 3.63) is 442 Å². The zero-order valence-electron chi connectivity index (χ0n) is 69.8. The molecule has 1 aliphatic carbocycles. The van der Waals surface area contributed by atoms with Crippen LogP contribution in [0.2, 0.25) is 0 Å². The summed E-state index contributed by atoms with van der Waals surface area (Å²) in [6.07, 6.45) is 3.74. The van der Waals surface area contributed by atoms with Crippen LogP contribution in [-0.4, -0.2) is 43.6 Å². The van der Waals surface area contributed by atoms with E-state index in [4.69, 9.17) is 29.9 Å². The second-order valence-corrected chi connectivity index (χ2v) is 35.2. The van der Waals surface area contributed by atoms with Gasteiger partial charge in [0.05, 0.1) is 55.9 Å². The second-order valence-electron chi connectivity index (χ2n) is 33.2. The van der Waals surface area contributed by atoms with Gasteiger partial charge >= 0.3 is 0 Å². The molecule has 0 radical (unpaired) electrons. The largest absolute Gasteiger partial charge is 0.309 e. The molecule has 26 rings (SSSR count). The zero-order valence-corrected chi connectivity index (χ0v) is 71.5. The fourth-order valence-corrected chi connectivity index (χ4v) is 21.9. The Hall–Kier alpha value is -16.2. The Morgan fingerprint density at radius 1 is 0.227 bits per heavy atom. The van der Waals surface area contributed by atoms with E-state index < -0.39 is 0 Å². The molecule has 0 fully saturated rings. The predicted octanol–water partition coefficient (Wildman–Crippen LogP) is 31.1. The molecule has 9 nitrogen and oxygen atoms in total. The van der Waals surface area contributed by atoms with Crippen molar-refractivity contribution in [1.29, 1.82) is 0 Å². The molecule has 8 aromatic heterocycles. The minimum Gasteiger partial charge on any atom is -0.309 e. The van der Waals surface area contributed by atoms with Gasteiger partial charge in [0.2, 0.25) is 11.9 Å². The Bertz CT molecular complexity index is 8560. The molecule has 0 N–H and O–H groups in total. The molecular weight excluding hydrogens is 1600 g/mol. The van der Waals surface area contributed by atoms with Crippen LogP contribution in [0.1, 0.15) is 25.0 Å². The van der Waals surface area contributed by atoms with E-state index in [2.05, 4.69) is 410 Å². The fraction of sp³-hybridized carbons (Fsp3) is 0.0256. The van der Waals surface area contributed by atoms with Gasteiger partial charge in [0.25, 0.3) is 0 Å². The van der Waals surface area contributed by atoms with Crippen molar-refractivity contribution >= 4 is 128 Å². The van der Waals surface area contributed by atoms with E-state index in [0.29, 0.717) is 11.9 Å². The van der Waals surface area contributed by atoms with Gasteiger partial charge in [-0.25, -0.2) is 29.9 Å². The molecule has 0 atom stereocenters. The van der Waals surface area contributed by atoms with E-state index in [1.165, 1.54) is 145 Å². The van der Waals surface area contributed by atoms with Crippen molar-refractivity contribution in [3.8, 4) is 119 Å². The molecule has 0 spiro atoms. The molecule has 128 heavy (non-hydrogen) atoms. The van der Waals surface area contributed by atoms with Gasteiger partial charge in [0.1, 0.15) is 0 Å². The molecule has 0 aliphatic heterocycles. The topological polar surface area (TPSA) is 92.1 Å². The van der Waals surface area contributed by atoms with Gasteiger partial charge in [-0.05, 0) is 141 Å². The number of nitrogens with zero attached hydrogens (tertiary/aromatic N) is 9. The standard InChI is InChI=1S/2C40H25N3S.C37H27N3/c1-4-13-26(14-5-1)33-25-34(27-15-6-2-7-16-27)42-40(41-33)32-21-12-20-29-30-23-24-36-37(39(30)44-38(29)32)31-19-10-11-22-35(31)43(36)28-17-8-3-9-18-28;1-2-8-26(9-3-1)27-14-16-28(17-15-27)29-18-20-30(21-19-29)34-24-25-41-40(42-34)43-35-12-6-4-11-33(35)38-36(43)23-22-32-31-10-5-7-13-37(31)44-39(32)38;1-37(2)31-14-8-6-12-27(31)29-22-30-28-13-7-9-15-34(28)40(35(30)23-32(29)37)36-38-21-20-33(39-36)26-18-16-25(17-19-26)24-10-4-3-5-11-24/h2*1-25H;3-23H,1-2H3. The first-order chi connectivity index (χ1) is 63.2. The van der Waals surface area contributed by atoms with Crippen LogP contribution < -0.4 is 0 Å². The monoisotopic (exact) mass is 1670 g/mol. The smallest absolute Gasteiger partial charge is 0.235 e. The van der Waals surface area contributed by atoms with E-state index in [-0.39, 0.29) is 5.41 Å². The Labute approximate surface area is 746 Å². The predicted molar refractivity (Wildman–Crippen MR) is 536 cm³/mol.